The summed E-state index contributed by atoms with van der Waals surface area (Å²) in [5.74, 6) is 0.00712. The molecule has 0 aliphatic rings. The summed E-state index contributed by atoms with van der Waals surface area (Å²) in [6.07, 6.45) is 0. The lowest BCUT2D eigenvalue weighted by Gasteiger charge is -2.13. The molecule has 1 atom stereocenters. The Morgan fingerprint density at radius 1 is 1.10 bits per heavy atom. The lowest BCUT2D eigenvalue weighted by atomic mass is 10.1. The second kappa shape index (κ2) is 6.54. The van der Waals surface area contributed by atoms with E-state index < -0.39 is 0 Å². The van der Waals surface area contributed by atoms with E-state index in [1.54, 1.807) is 35.6 Å². The maximum Gasteiger partial charge on any atom is 0.319 e. The smallest absolute Gasteiger partial charge is 0.319 e. The zero-order valence-electron chi connectivity index (χ0n) is 12.3. The summed E-state index contributed by atoms with van der Waals surface area (Å²) in [7, 11) is 0. The molecule has 0 spiro atoms. The van der Waals surface area contributed by atoms with E-state index >= 15 is 0 Å². The Hall–Kier alpha value is -2.14. The highest BCUT2D eigenvalue weighted by Crippen LogP contribution is 2.22. The molecule has 2 rings (SSSR count). The van der Waals surface area contributed by atoms with Gasteiger partial charge in [-0.2, -0.15) is 0 Å². The molecule has 110 valence electrons. The lowest BCUT2D eigenvalue weighted by molar-refractivity contribution is 0.101. The van der Waals surface area contributed by atoms with Gasteiger partial charge in [-0.05, 0) is 57.2 Å². The van der Waals surface area contributed by atoms with Crippen molar-refractivity contribution in [2.45, 2.75) is 26.8 Å². The van der Waals surface area contributed by atoms with Gasteiger partial charge in [0.05, 0.1) is 6.04 Å². The van der Waals surface area contributed by atoms with Gasteiger partial charge in [0.15, 0.2) is 5.78 Å². The van der Waals surface area contributed by atoms with Gasteiger partial charge in [0, 0.05) is 21.0 Å². The average Bonchev–Trinajstić information content (AvgIpc) is 2.86. The molecule has 2 aromatic rings. The van der Waals surface area contributed by atoms with Gasteiger partial charge in [-0.3, -0.25) is 4.79 Å². The van der Waals surface area contributed by atoms with Gasteiger partial charge in [0.1, 0.15) is 0 Å². The maximum atomic E-state index is 11.9. The van der Waals surface area contributed by atoms with Crippen molar-refractivity contribution in [3.63, 3.8) is 0 Å². The van der Waals surface area contributed by atoms with Crippen molar-refractivity contribution in [1.29, 1.82) is 0 Å². The van der Waals surface area contributed by atoms with Gasteiger partial charge in [-0.15, -0.1) is 11.3 Å². The summed E-state index contributed by atoms with van der Waals surface area (Å²) < 4.78 is 0. The van der Waals surface area contributed by atoms with Crippen LogP contribution in [0.25, 0.3) is 0 Å². The molecule has 0 saturated carbocycles. The Balaban J connectivity index is 1.93. The zero-order chi connectivity index (χ0) is 15.4. The number of Topliss-reactive ketones (excluding diaryl/α,β-unsaturated/α-hetero) is 1. The molecular weight excluding hydrogens is 284 g/mol. The van der Waals surface area contributed by atoms with Crippen molar-refractivity contribution in [2.75, 3.05) is 5.32 Å². The van der Waals surface area contributed by atoms with E-state index in [9.17, 15) is 9.59 Å². The predicted molar refractivity (Wildman–Crippen MR) is 86.1 cm³/mol. The van der Waals surface area contributed by atoms with Gasteiger partial charge in [-0.25, -0.2) is 4.79 Å². The lowest BCUT2D eigenvalue weighted by Crippen LogP contribution is -2.30. The first kappa shape index (κ1) is 15.3. The van der Waals surface area contributed by atoms with Crippen LogP contribution in [-0.4, -0.2) is 11.8 Å². The third-order valence-corrected chi connectivity index (χ3v) is 4.27. The minimum Gasteiger partial charge on any atom is -0.331 e. The number of thiophene rings is 1. The number of carbonyl (C=O) groups is 2. The molecule has 0 aliphatic heterocycles. The monoisotopic (exact) mass is 302 g/mol. The number of rotatable bonds is 4. The first-order valence-electron chi connectivity index (χ1n) is 6.70. The highest BCUT2D eigenvalue weighted by atomic mass is 32.1. The van der Waals surface area contributed by atoms with Crippen LogP contribution in [0.4, 0.5) is 10.5 Å². The number of hydrogen-bond acceptors (Lipinski definition) is 3. The molecule has 5 heteroatoms. The number of ketones is 1. The quantitative estimate of drug-likeness (QED) is 0.834. The number of nitrogens with one attached hydrogen (secondary N) is 2. The van der Waals surface area contributed by atoms with E-state index in [1.807, 2.05) is 26.0 Å². The van der Waals surface area contributed by atoms with E-state index in [-0.39, 0.29) is 17.9 Å². The minimum absolute atomic E-state index is 0.00712. The summed E-state index contributed by atoms with van der Waals surface area (Å²) >= 11 is 1.67. The molecule has 1 aromatic carbocycles. The second-order valence-electron chi connectivity index (χ2n) is 4.90. The first-order valence-corrected chi connectivity index (χ1v) is 7.52. The molecule has 2 N–H and O–H groups in total. The molecule has 1 unspecified atom stereocenters. The summed E-state index contributed by atoms with van der Waals surface area (Å²) in [6, 6.07) is 10.6. The fraction of sp³-hybridized carbons (Fsp3) is 0.250. The van der Waals surface area contributed by atoms with Crippen LogP contribution < -0.4 is 10.6 Å². The Bertz CT molecular complexity index is 647. The zero-order valence-corrected chi connectivity index (χ0v) is 13.1. The Kier molecular flexibility index (Phi) is 4.75. The van der Waals surface area contributed by atoms with E-state index in [0.29, 0.717) is 11.3 Å². The summed E-state index contributed by atoms with van der Waals surface area (Å²) in [5.41, 5.74) is 1.29. The summed E-state index contributed by atoms with van der Waals surface area (Å²) in [6.45, 7) is 5.50. The number of anilines is 1. The van der Waals surface area contributed by atoms with Crippen molar-refractivity contribution in [1.82, 2.24) is 5.32 Å². The molecule has 0 fully saturated rings. The number of carbonyl (C=O) groups excluding carboxylic acids is 2. The third kappa shape index (κ3) is 4.16. The van der Waals surface area contributed by atoms with Crippen LogP contribution in [0.2, 0.25) is 0 Å². The van der Waals surface area contributed by atoms with Crippen LogP contribution in [0.1, 0.15) is 40.0 Å². The molecule has 0 radical (unpaired) electrons. The van der Waals surface area contributed by atoms with Crippen LogP contribution in [0.3, 0.4) is 0 Å². The number of urea groups is 1. The molecule has 0 aliphatic carbocycles. The Morgan fingerprint density at radius 2 is 1.76 bits per heavy atom. The summed E-state index contributed by atoms with van der Waals surface area (Å²) in [4.78, 5) is 25.5. The average molecular weight is 302 g/mol. The number of hydrogen-bond donors (Lipinski definition) is 2. The number of amides is 2. The molecule has 0 bridgehead atoms. The Labute approximate surface area is 128 Å². The molecule has 1 aromatic heterocycles. The third-order valence-electron chi connectivity index (χ3n) is 3.08. The number of aryl methyl sites for hydroxylation is 1. The van der Waals surface area contributed by atoms with Gasteiger partial charge >= 0.3 is 6.03 Å². The Morgan fingerprint density at radius 3 is 2.29 bits per heavy atom. The number of benzene rings is 1. The van der Waals surface area contributed by atoms with Gasteiger partial charge in [0.2, 0.25) is 0 Å². The van der Waals surface area contributed by atoms with Crippen LogP contribution in [0.15, 0.2) is 36.4 Å². The maximum absolute atomic E-state index is 11.9. The van der Waals surface area contributed by atoms with Gasteiger partial charge < -0.3 is 10.6 Å². The van der Waals surface area contributed by atoms with Crippen LogP contribution in [0, 0.1) is 6.92 Å². The molecule has 21 heavy (non-hydrogen) atoms. The van der Waals surface area contributed by atoms with E-state index in [4.69, 9.17) is 0 Å². The highest BCUT2D eigenvalue weighted by molar-refractivity contribution is 7.12. The largest absolute Gasteiger partial charge is 0.331 e. The molecule has 2 amide bonds. The fourth-order valence-corrected chi connectivity index (χ4v) is 2.79. The first-order chi connectivity index (χ1) is 9.95. The van der Waals surface area contributed by atoms with Crippen LogP contribution >= 0.6 is 11.3 Å². The van der Waals surface area contributed by atoms with Crippen LogP contribution in [-0.2, 0) is 0 Å². The molecule has 1 heterocycles. The van der Waals surface area contributed by atoms with Crippen molar-refractivity contribution < 1.29 is 9.59 Å². The van der Waals surface area contributed by atoms with Gasteiger partial charge in [0.25, 0.3) is 0 Å². The van der Waals surface area contributed by atoms with Gasteiger partial charge in [-0.1, -0.05) is 0 Å². The standard InChI is InChI=1S/C16H18N2O2S/c1-10-4-9-15(21-10)11(2)17-16(20)18-14-7-5-13(6-8-14)12(3)19/h4-9,11H,1-3H3,(H2,17,18,20). The van der Waals surface area contributed by atoms with Crippen molar-refractivity contribution in [3.05, 3.63) is 51.7 Å². The van der Waals surface area contributed by atoms with Crippen molar-refractivity contribution in [2.24, 2.45) is 0 Å². The van der Waals surface area contributed by atoms with Crippen molar-refractivity contribution in [3.8, 4) is 0 Å². The topological polar surface area (TPSA) is 58.2 Å². The molecule has 4 nitrogen and oxygen atoms in total. The SMILES string of the molecule is CC(=O)c1ccc(NC(=O)NC(C)c2ccc(C)s2)cc1. The van der Waals surface area contributed by atoms with Crippen LogP contribution in [0.5, 0.6) is 0 Å². The molecular formula is C16H18N2O2S. The van der Waals surface area contributed by atoms with E-state index in [1.165, 1.54) is 11.8 Å². The minimum atomic E-state index is -0.260. The second-order valence-corrected chi connectivity index (χ2v) is 6.22. The normalized spacial score (nSPS) is 11.8. The highest BCUT2D eigenvalue weighted by Gasteiger charge is 2.11. The fourth-order valence-electron chi connectivity index (χ4n) is 1.91. The van der Waals surface area contributed by atoms with Crippen molar-refractivity contribution >= 4 is 28.8 Å². The predicted octanol–water partition coefficient (Wildman–Crippen LogP) is 4.14. The molecule has 0 saturated heterocycles. The summed E-state index contributed by atoms with van der Waals surface area (Å²) in [5, 5.41) is 5.65. The van der Waals surface area contributed by atoms with E-state index in [2.05, 4.69) is 10.6 Å². The van der Waals surface area contributed by atoms with E-state index in [0.717, 1.165) is 4.88 Å².